The van der Waals surface area contributed by atoms with Gasteiger partial charge >= 0.3 is 12.0 Å². The number of anilines is 1. The summed E-state index contributed by atoms with van der Waals surface area (Å²) in [5.41, 5.74) is 2.86. The minimum Gasteiger partial charge on any atom is -0.480 e. The summed E-state index contributed by atoms with van der Waals surface area (Å²) >= 11 is 18.8. The second-order valence-corrected chi connectivity index (χ2v) is 10.7. The monoisotopic (exact) mass is 616 g/mol. The molecule has 1 aliphatic rings. The molecule has 0 saturated heterocycles. The highest BCUT2D eigenvalue weighted by atomic mass is 35.5. The molecule has 0 aromatic heterocycles. The Morgan fingerprint density at radius 1 is 1.02 bits per heavy atom. The van der Waals surface area contributed by atoms with Crippen LogP contribution in [0.2, 0.25) is 15.1 Å². The minimum atomic E-state index is -1.48. The number of likely N-dealkylation sites (N-methyl/N-ethyl adjacent to an activating group) is 1. The molecule has 4 N–H and O–H groups in total. The van der Waals surface area contributed by atoms with Crippen LogP contribution < -0.4 is 20.9 Å². The number of carbonyl (C=O) groups is 4. The van der Waals surface area contributed by atoms with Crippen LogP contribution in [-0.2, 0) is 22.4 Å². The van der Waals surface area contributed by atoms with Gasteiger partial charge in [0.2, 0.25) is 5.91 Å². The average Bonchev–Trinajstić information content (AvgIpc) is 3.33. The van der Waals surface area contributed by atoms with Crippen molar-refractivity contribution in [3.05, 3.63) is 98.0 Å². The van der Waals surface area contributed by atoms with E-state index < -0.39 is 30.5 Å². The van der Waals surface area contributed by atoms with E-state index in [0.717, 1.165) is 24.0 Å². The first-order chi connectivity index (χ1) is 19.5. The highest BCUT2D eigenvalue weighted by molar-refractivity contribution is 6.41. The number of aliphatic carboxylic acids is 1. The number of carboxylic acid groups (broad SMARTS) is 1. The van der Waals surface area contributed by atoms with Gasteiger partial charge in [-0.25, -0.2) is 9.59 Å². The highest BCUT2D eigenvalue weighted by Crippen LogP contribution is 2.34. The third-order valence-electron chi connectivity index (χ3n) is 6.79. The Morgan fingerprint density at radius 3 is 2.51 bits per heavy atom. The van der Waals surface area contributed by atoms with Crippen molar-refractivity contribution in [3.8, 4) is 0 Å². The van der Waals surface area contributed by atoms with E-state index in [9.17, 15) is 24.3 Å². The number of rotatable bonds is 9. The van der Waals surface area contributed by atoms with Gasteiger partial charge in [0.25, 0.3) is 5.91 Å². The largest absolute Gasteiger partial charge is 0.480 e. The molecule has 1 aliphatic carbocycles. The average molecular weight is 618 g/mol. The van der Waals surface area contributed by atoms with Crippen LogP contribution in [0.15, 0.2) is 60.7 Å². The molecule has 214 valence electrons. The van der Waals surface area contributed by atoms with Gasteiger partial charge in [0, 0.05) is 12.1 Å². The normalized spacial score (nSPS) is 14.5. The molecule has 4 rings (SSSR count). The molecule has 3 aromatic rings. The number of nitrogens with one attached hydrogen (secondary N) is 3. The van der Waals surface area contributed by atoms with Crippen molar-refractivity contribution in [1.29, 1.82) is 0 Å². The molecular formula is C29H27Cl3N4O5. The van der Waals surface area contributed by atoms with E-state index in [1.807, 2.05) is 24.3 Å². The van der Waals surface area contributed by atoms with Crippen LogP contribution in [0.3, 0.4) is 0 Å². The molecule has 0 saturated carbocycles. The maximum atomic E-state index is 13.1. The van der Waals surface area contributed by atoms with E-state index in [1.54, 1.807) is 24.3 Å². The fourth-order valence-corrected chi connectivity index (χ4v) is 5.51. The molecule has 2 atom stereocenters. The lowest BCUT2D eigenvalue weighted by Gasteiger charge is -2.22. The van der Waals surface area contributed by atoms with Crippen molar-refractivity contribution >= 4 is 64.3 Å². The molecule has 0 aliphatic heterocycles. The number of urea groups is 1. The van der Waals surface area contributed by atoms with Gasteiger partial charge in [-0.1, -0.05) is 71.2 Å². The minimum absolute atomic E-state index is 0.0266. The van der Waals surface area contributed by atoms with Crippen molar-refractivity contribution in [3.63, 3.8) is 0 Å². The number of hydrogen-bond acceptors (Lipinski definition) is 4. The third kappa shape index (κ3) is 7.30. The fourth-order valence-electron chi connectivity index (χ4n) is 4.62. The molecule has 41 heavy (non-hydrogen) atoms. The maximum absolute atomic E-state index is 13.1. The van der Waals surface area contributed by atoms with Crippen LogP contribution >= 0.6 is 34.8 Å². The number of nitrogens with zero attached hydrogens (tertiary/aromatic N) is 1. The van der Waals surface area contributed by atoms with Crippen LogP contribution in [0.1, 0.15) is 39.5 Å². The number of carbonyl (C=O) groups excluding carboxylic acids is 3. The molecule has 0 spiro atoms. The Morgan fingerprint density at radius 2 is 1.78 bits per heavy atom. The summed E-state index contributed by atoms with van der Waals surface area (Å²) in [5, 5.41) is 17.7. The smallest absolute Gasteiger partial charge is 0.328 e. The standard InChI is InChI=1S/C29H27Cl3N4O5/c1-36(24(37)14-16-5-4-7-18(30)13-16)23-12-10-20(31)25(26(23)32)27(38)34-22(28(39)40)15-33-29(41)35-21-11-9-17-6-2-3-8-19(17)21/h2-8,10,12-13,21-22H,9,11,14-15H2,1H3,(H,34,38)(H,39,40)(H2,33,35,41)/t21-,22+/m1/s1. The van der Waals surface area contributed by atoms with Crippen molar-refractivity contribution < 1.29 is 24.3 Å². The predicted molar refractivity (Wildman–Crippen MR) is 158 cm³/mol. The lowest BCUT2D eigenvalue weighted by molar-refractivity contribution is -0.139. The van der Waals surface area contributed by atoms with Gasteiger partial charge in [0.1, 0.15) is 6.04 Å². The van der Waals surface area contributed by atoms with Gasteiger partial charge < -0.3 is 26.0 Å². The molecule has 3 aromatic carbocycles. The second kappa shape index (κ2) is 13.2. The zero-order valence-corrected chi connectivity index (χ0v) is 24.2. The molecule has 4 amide bonds. The first-order valence-electron chi connectivity index (χ1n) is 12.7. The molecule has 0 radical (unpaired) electrons. The van der Waals surface area contributed by atoms with Crippen LogP contribution in [-0.4, -0.2) is 48.6 Å². The summed E-state index contributed by atoms with van der Waals surface area (Å²) in [6, 6.07) is 15.3. The number of benzene rings is 3. The van der Waals surface area contributed by atoms with Crippen LogP contribution in [0.25, 0.3) is 0 Å². The van der Waals surface area contributed by atoms with Gasteiger partial charge in [0.15, 0.2) is 0 Å². The van der Waals surface area contributed by atoms with E-state index in [2.05, 4.69) is 16.0 Å². The molecular weight excluding hydrogens is 591 g/mol. The number of aryl methyl sites for hydroxylation is 1. The van der Waals surface area contributed by atoms with E-state index in [-0.39, 0.29) is 39.7 Å². The Hall–Kier alpha value is -3.79. The maximum Gasteiger partial charge on any atom is 0.328 e. The van der Waals surface area contributed by atoms with E-state index in [4.69, 9.17) is 34.8 Å². The Labute approximate surface area is 251 Å². The SMILES string of the molecule is CN(C(=O)Cc1cccc(Cl)c1)c1ccc(Cl)c(C(=O)N[C@@H](CNC(=O)N[C@@H]2CCc3ccccc32)C(=O)O)c1Cl. The predicted octanol–water partition coefficient (Wildman–Crippen LogP) is 5.02. The van der Waals surface area contributed by atoms with E-state index in [1.165, 1.54) is 24.1 Å². The highest BCUT2D eigenvalue weighted by Gasteiger charge is 2.28. The molecule has 0 fully saturated rings. The lowest BCUT2D eigenvalue weighted by Crippen LogP contribution is -2.50. The summed E-state index contributed by atoms with van der Waals surface area (Å²) in [6.07, 6.45) is 1.59. The first kappa shape index (κ1) is 30.2. The summed E-state index contributed by atoms with van der Waals surface area (Å²) in [6.45, 7) is -0.395. The van der Waals surface area contributed by atoms with Crippen molar-refractivity contribution in [2.75, 3.05) is 18.5 Å². The van der Waals surface area contributed by atoms with Gasteiger partial charge in [-0.05, 0) is 53.8 Å². The van der Waals surface area contributed by atoms with Crippen molar-refractivity contribution in [2.45, 2.75) is 31.3 Å². The van der Waals surface area contributed by atoms with Crippen molar-refractivity contribution in [1.82, 2.24) is 16.0 Å². The lowest BCUT2D eigenvalue weighted by atomic mass is 10.1. The number of halogens is 3. The first-order valence-corrected chi connectivity index (χ1v) is 13.8. The Balaban J connectivity index is 1.41. The zero-order chi connectivity index (χ0) is 29.7. The van der Waals surface area contributed by atoms with Crippen LogP contribution in [0, 0.1) is 0 Å². The topological polar surface area (TPSA) is 128 Å². The third-order valence-corrected chi connectivity index (χ3v) is 7.72. The molecule has 12 heteroatoms. The second-order valence-electron chi connectivity index (χ2n) is 9.52. The van der Waals surface area contributed by atoms with Crippen LogP contribution in [0.5, 0.6) is 0 Å². The molecule has 0 unspecified atom stereocenters. The molecule has 0 bridgehead atoms. The summed E-state index contributed by atoms with van der Waals surface area (Å²) in [4.78, 5) is 51.8. The number of hydrogen-bond donors (Lipinski definition) is 4. The van der Waals surface area contributed by atoms with E-state index >= 15 is 0 Å². The van der Waals surface area contributed by atoms with Crippen molar-refractivity contribution in [2.24, 2.45) is 0 Å². The summed E-state index contributed by atoms with van der Waals surface area (Å²) < 4.78 is 0. The Kier molecular flexibility index (Phi) is 9.75. The number of amides is 4. The van der Waals surface area contributed by atoms with Gasteiger partial charge in [0.05, 0.1) is 40.3 Å². The quantitative estimate of drug-likeness (QED) is 0.268. The number of carboxylic acids is 1. The Bertz CT molecular complexity index is 1500. The van der Waals surface area contributed by atoms with Crippen LogP contribution in [0.4, 0.5) is 10.5 Å². The zero-order valence-electron chi connectivity index (χ0n) is 21.9. The molecule has 0 heterocycles. The number of fused-ring (bicyclic) bond motifs is 1. The fraction of sp³-hybridized carbons (Fsp3) is 0.241. The summed E-state index contributed by atoms with van der Waals surface area (Å²) in [5.74, 6) is -2.58. The molecule has 9 nitrogen and oxygen atoms in total. The van der Waals surface area contributed by atoms with Gasteiger partial charge in [-0.3, -0.25) is 9.59 Å². The van der Waals surface area contributed by atoms with Gasteiger partial charge in [-0.2, -0.15) is 0 Å². The summed E-state index contributed by atoms with van der Waals surface area (Å²) in [7, 11) is 1.50. The van der Waals surface area contributed by atoms with Gasteiger partial charge in [-0.15, -0.1) is 0 Å². The van der Waals surface area contributed by atoms with E-state index in [0.29, 0.717) is 10.6 Å².